The van der Waals surface area contributed by atoms with E-state index in [9.17, 15) is 0 Å². The Labute approximate surface area is 124 Å². The average molecular weight is 268 g/mol. The molecule has 0 fully saturated rings. The highest BCUT2D eigenvalue weighted by Crippen LogP contribution is 2.40. The summed E-state index contributed by atoms with van der Waals surface area (Å²) in [4.78, 5) is 0. The predicted octanol–water partition coefficient (Wildman–Crippen LogP) is 5.37. The lowest BCUT2D eigenvalue weighted by atomic mass is 9.90. The zero-order valence-corrected chi connectivity index (χ0v) is 11.9. The molecule has 0 aromatic heterocycles. The van der Waals surface area contributed by atoms with Crippen LogP contribution in [0.15, 0.2) is 54.6 Å². The largest absolute Gasteiger partial charge is 0.0836 e. The Kier molecular flexibility index (Phi) is 2.20. The minimum Gasteiger partial charge on any atom is -0.0836 e. The summed E-state index contributed by atoms with van der Waals surface area (Å²) in [6.07, 6.45) is 8.06. The maximum Gasteiger partial charge on any atom is -0.00132 e. The molecule has 0 saturated carbocycles. The van der Waals surface area contributed by atoms with Crippen LogP contribution in [0.5, 0.6) is 0 Å². The molecule has 0 spiro atoms. The van der Waals surface area contributed by atoms with Gasteiger partial charge in [0.2, 0.25) is 0 Å². The molecule has 0 atom stereocenters. The van der Waals surface area contributed by atoms with E-state index in [1.807, 2.05) is 0 Å². The Hall–Kier alpha value is -2.34. The zero-order valence-electron chi connectivity index (χ0n) is 11.9. The number of aryl methyl sites for hydroxylation is 1. The lowest BCUT2D eigenvalue weighted by Gasteiger charge is -2.14. The van der Waals surface area contributed by atoms with Crippen LogP contribution < -0.4 is 0 Å². The molecule has 0 N–H and O–H groups in total. The first-order valence-electron chi connectivity index (χ1n) is 7.73. The monoisotopic (exact) mass is 268 g/mol. The Balaban J connectivity index is 1.83. The number of hydrogen-bond donors (Lipinski definition) is 0. The molecule has 3 aromatic carbocycles. The third-order valence-electron chi connectivity index (χ3n) is 4.93. The molecule has 2 aliphatic rings. The fraction of sp³-hybridized carbons (Fsp3) is 0.143. The molecular formula is C21H16. The van der Waals surface area contributed by atoms with Crippen LogP contribution in [-0.4, -0.2) is 0 Å². The summed E-state index contributed by atoms with van der Waals surface area (Å²) in [5.41, 5.74) is 8.74. The first kappa shape index (κ1) is 11.3. The van der Waals surface area contributed by atoms with E-state index < -0.39 is 0 Å². The van der Waals surface area contributed by atoms with Crippen LogP contribution in [-0.2, 0) is 12.8 Å². The van der Waals surface area contributed by atoms with E-state index in [2.05, 4.69) is 60.7 Å². The topological polar surface area (TPSA) is 0 Å². The summed E-state index contributed by atoms with van der Waals surface area (Å²) < 4.78 is 0. The standard InChI is InChI=1S/C21H16/c1-3-7-18-14(5-1)9-10-16-12-21-17(13-20(16)18)11-15-6-2-4-8-19(15)21/h2-4,6-10,12-13H,1,5,11H2. The van der Waals surface area contributed by atoms with Gasteiger partial charge in [-0.05, 0) is 75.5 Å². The summed E-state index contributed by atoms with van der Waals surface area (Å²) >= 11 is 0. The van der Waals surface area contributed by atoms with Gasteiger partial charge < -0.3 is 0 Å². The predicted molar refractivity (Wildman–Crippen MR) is 89.5 cm³/mol. The highest BCUT2D eigenvalue weighted by atomic mass is 14.2. The van der Waals surface area contributed by atoms with E-state index in [0.717, 1.165) is 6.42 Å². The van der Waals surface area contributed by atoms with Crippen molar-refractivity contribution in [2.45, 2.75) is 19.3 Å². The van der Waals surface area contributed by atoms with E-state index in [0.29, 0.717) is 0 Å². The number of benzene rings is 3. The van der Waals surface area contributed by atoms with Crippen LogP contribution >= 0.6 is 0 Å². The summed E-state index contributed by atoms with van der Waals surface area (Å²) in [6, 6.07) is 18.2. The molecule has 100 valence electrons. The van der Waals surface area contributed by atoms with Gasteiger partial charge in [0.1, 0.15) is 0 Å². The second-order valence-corrected chi connectivity index (χ2v) is 6.14. The molecule has 0 aliphatic heterocycles. The molecule has 0 heterocycles. The summed E-state index contributed by atoms with van der Waals surface area (Å²) in [7, 11) is 0. The van der Waals surface area contributed by atoms with Gasteiger partial charge in [-0.25, -0.2) is 0 Å². The maximum absolute atomic E-state index is 2.43. The zero-order chi connectivity index (χ0) is 13.8. The molecule has 0 bridgehead atoms. The van der Waals surface area contributed by atoms with Crippen LogP contribution in [0, 0.1) is 0 Å². The second kappa shape index (κ2) is 4.08. The first-order chi connectivity index (χ1) is 10.4. The van der Waals surface area contributed by atoms with Crippen molar-refractivity contribution in [1.82, 2.24) is 0 Å². The lowest BCUT2D eigenvalue weighted by Crippen LogP contribution is -1.95. The summed E-state index contributed by atoms with van der Waals surface area (Å²) in [5.74, 6) is 0. The van der Waals surface area contributed by atoms with Crippen LogP contribution in [0.25, 0.3) is 28.0 Å². The average Bonchev–Trinajstić information content (AvgIpc) is 2.90. The number of fused-ring (bicyclic) bond motifs is 6. The fourth-order valence-corrected chi connectivity index (χ4v) is 3.88. The number of hydrogen-bond acceptors (Lipinski definition) is 0. The summed E-state index contributed by atoms with van der Waals surface area (Å²) in [5, 5.41) is 2.80. The van der Waals surface area contributed by atoms with E-state index in [4.69, 9.17) is 0 Å². The number of rotatable bonds is 0. The molecule has 0 saturated heterocycles. The normalized spacial score (nSPS) is 14.9. The molecule has 0 heteroatoms. The molecule has 5 rings (SSSR count). The van der Waals surface area contributed by atoms with Gasteiger partial charge in [0.25, 0.3) is 0 Å². The second-order valence-electron chi connectivity index (χ2n) is 6.14. The molecule has 0 radical (unpaired) electrons. The van der Waals surface area contributed by atoms with Crippen LogP contribution in [0.4, 0.5) is 0 Å². The van der Waals surface area contributed by atoms with Crippen LogP contribution in [0.1, 0.15) is 28.7 Å². The van der Waals surface area contributed by atoms with Gasteiger partial charge >= 0.3 is 0 Å². The van der Waals surface area contributed by atoms with E-state index in [1.54, 1.807) is 0 Å². The van der Waals surface area contributed by atoms with Crippen molar-refractivity contribution in [3.05, 3.63) is 76.9 Å². The van der Waals surface area contributed by atoms with Crippen LogP contribution in [0.2, 0.25) is 0 Å². The van der Waals surface area contributed by atoms with Crippen molar-refractivity contribution in [2.24, 2.45) is 0 Å². The molecule has 0 amide bonds. The van der Waals surface area contributed by atoms with Crippen molar-refractivity contribution in [2.75, 3.05) is 0 Å². The highest BCUT2D eigenvalue weighted by Gasteiger charge is 2.19. The Bertz CT molecular complexity index is 913. The van der Waals surface area contributed by atoms with Gasteiger partial charge in [-0.1, -0.05) is 48.6 Å². The van der Waals surface area contributed by atoms with E-state index >= 15 is 0 Å². The SMILES string of the molecule is C1=Cc2c(ccc3cc4c(cc23)Cc2ccccc2-4)CC1. The fourth-order valence-electron chi connectivity index (χ4n) is 3.88. The lowest BCUT2D eigenvalue weighted by molar-refractivity contribution is 0.990. The highest BCUT2D eigenvalue weighted by molar-refractivity contribution is 5.97. The summed E-state index contributed by atoms with van der Waals surface area (Å²) in [6.45, 7) is 0. The smallest absolute Gasteiger partial charge is 0.00132 e. The van der Waals surface area contributed by atoms with Crippen molar-refractivity contribution in [3.8, 4) is 11.1 Å². The first-order valence-corrected chi connectivity index (χ1v) is 7.73. The van der Waals surface area contributed by atoms with Gasteiger partial charge in [-0.3, -0.25) is 0 Å². The molecule has 0 nitrogen and oxygen atoms in total. The molecule has 21 heavy (non-hydrogen) atoms. The number of allylic oxidation sites excluding steroid dienone is 1. The van der Waals surface area contributed by atoms with Gasteiger partial charge in [0.15, 0.2) is 0 Å². The molecular weight excluding hydrogens is 252 g/mol. The minimum absolute atomic E-state index is 1.08. The minimum atomic E-state index is 1.08. The van der Waals surface area contributed by atoms with Crippen molar-refractivity contribution < 1.29 is 0 Å². The maximum atomic E-state index is 2.43. The molecule has 2 aliphatic carbocycles. The third kappa shape index (κ3) is 1.56. The quantitative estimate of drug-likeness (QED) is 0.402. The van der Waals surface area contributed by atoms with E-state index in [1.165, 1.54) is 57.0 Å². The van der Waals surface area contributed by atoms with Crippen LogP contribution in [0.3, 0.4) is 0 Å². The third-order valence-corrected chi connectivity index (χ3v) is 4.93. The van der Waals surface area contributed by atoms with Crippen molar-refractivity contribution in [3.63, 3.8) is 0 Å². The Morgan fingerprint density at radius 2 is 1.71 bits per heavy atom. The van der Waals surface area contributed by atoms with Gasteiger partial charge in [-0.15, -0.1) is 0 Å². The van der Waals surface area contributed by atoms with Gasteiger partial charge in [-0.2, -0.15) is 0 Å². The van der Waals surface area contributed by atoms with Crippen molar-refractivity contribution in [1.29, 1.82) is 0 Å². The molecule has 3 aromatic rings. The van der Waals surface area contributed by atoms with Crippen molar-refractivity contribution >= 4 is 16.8 Å². The Morgan fingerprint density at radius 3 is 2.71 bits per heavy atom. The molecule has 0 unspecified atom stereocenters. The van der Waals surface area contributed by atoms with Gasteiger partial charge in [0, 0.05) is 0 Å². The van der Waals surface area contributed by atoms with E-state index in [-0.39, 0.29) is 0 Å². The Morgan fingerprint density at radius 1 is 0.762 bits per heavy atom. The van der Waals surface area contributed by atoms with Gasteiger partial charge in [0.05, 0.1) is 0 Å².